The summed E-state index contributed by atoms with van der Waals surface area (Å²) in [6.45, 7) is 3.98. The number of benzene rings is 2. The monoisotopic (exact) mass is 414 g/mol. The number of carbonyl (C=O) groups excluding carboxylic acids is 3. The Morgan fingerprint density at radius 2 is 1.42 bits per heavy atom. The summed E-state index contributed by atoms with van der Waals surface area (Å²) in [7, 11) is 0. The molecule has 5 unspecified atom stereocenters. The van der Waals surface area contributed by atoms with Gasteiger partial charge in [-0.1, -0.05) is 59.7 Å². The zero-order chi connectivity index (χ0) is 21.7. The van der Waals surface area contributed by atoms with Gasteiger partial charge >= 0.3 is 0 Å². The Morgan fingerprint density at radius 3 is 1.97 bits per heavy atom. The fourth-order valence-electron chi connectivity index (χ4n) is 5.40. The highest BCUT2D eigenvalue weighted by atomic mass is 16.2. The number of amides is 3. The van der Waals surface area contributed by atoms with Crippen molar-refractivity contribution in [2.24, 2.45) is 23.7 Å². The first kappa shape index (κ1) is 19.7. The van der Waals surface area contributed by atoms with Crippen molar-refractivity contribution in [1.29, 1.82) is 0 Å². The third-order valence-corrected chi connectivity index (χ3v) is 6.99. The first-order valence-corrected chi connectivity index (χ1v) is 10.9. The Labute approximate surface area is 182 Å². The van der Waals surface area contributed by atoms with Crippen molar-refractivity contribution in [3.05, 3.63) is 77.4 Å². The number of anilines is 1. The van der Waals surface area contributed by atoms with Crippen LogP contribution in [0.1, 0.15) is 35.6 Å². The topological polar surface area (TPSA) is 66.5 Å². The van der Waals surface area contributed by atoms with Crippen LogP contribution in [0.4, 0.5) is 5.69 Å². The summed E-state index contributed by atoms with van der Waals surface area (Å²) < 4.78 is 0. The number of fused-ring (bicyclic) bond motifs is 5. The Morgan fingerprint density at radius 1 is 0.903 bits per heavy atom. The van der Waals surface area contributed by atoms with Gasteiger partial charge in [0.25, 0.3) is 0 Å². The molecular weight excluding hydrogens is 388 g/mol. The van der Waals surface area contributed by atoms with Crippen LogP contribution < -0.4 is 5.32 Å². The third kappa shape index (κ3) is 3.38. The molecule has 31 heavy (non-hydrogen) atoms. The first-order chi connectivity index (χ1) is 14.9. The zero-order valence-electron chi connectivity index (χ0n) is 17.7. The summed E-state index contributed by atoms with van der Waals surface area (Å²) >= 11 is 0. The molecule has 1 saturated carbocycles. The van der Waals surface area contributed by atoms with E-state index in [2.05, 4.69) is 17.5 Å². The van der Waals surface area contributed by atoms with Crippen molar-refractivity contribution < 1.29 is 14.4 Å². The first-order valence-electron chi connectivity index (χ1n) is 10.9. The van der Waals surface area contributed by atoms with Crippen LogP contribution in [0, 0.1) is 37.5 Å². The molecule has 2 aromatic carbocycles. The normalized spacial score (nSPS) is 27.0. The molecule has 2 aliphatic carbocycles. The van der Waals surface area contributed by atoms with Crippen LogP contribution in [0.15, 0.2) is 60.7 Å². The Bertz CT molecular complexity index is 1040. The summed E-state index contributed by atoms with van der Waals surface area (Å²) in [5.74, 6) is -0.700. The van der Waals surface area contributed by atoms with E-state index in [0.29, 0.717) is 5.69 Å². The molecule has 5 nitrogen and oxygen atoms in total. The number of rotatable bonds is 5. The standard InChI is InChI=1S/C26H26N2O3/c1-15-3-7-17(8-4-15)21(14-22(29)27-20-11-5-16(2)6-12-20)28-25(30)23-18-9-10-19(13-18)24(23)26(28)31/h3-12,18-19,21,23-24H,13-14H2,1-2H3,(H,27,29). The number of carbonyl (C=O) groups is 3. The minimum Gasteiger partial charge on any atom is -0.326 e. The molecule has 158 valence electrons. The van der Waals surface area contributed by atoms with Gasteiger partial charge in [0.1, 0.15) is 0 Å². The smallest absolute Gasteiger partial charge is 0.234 e. The highest BCUT2D eigenvalue weighted by Gasteiger charge is 2.60. The quantitative estimate of drug-likeness (QED) is 0.590. The zero-order valence-corrected chi connectivity index (χ0v) is 17.7. The van der Waals surface area contributed by atoms with E-state index >= 15 is 0 Å². The SMILES string of the molecule is Cc1ccc(NC(=O)CC(c2ccc(C)cc2)N2C(=O)C3C4C=CC(C4)C3C2=O)cc1. The molecular formula is C26H26N2O3. The van der Waals surface area contributed by atoms with E-state index in [1.807, 2.05) is 62.4 Å². The van der Waals surface area contributed by atoms with Crippen LogP contribution in [0.5, 0.6) is 0 Å². The van der Waals surface area contributed by atoms with Gasteiger partial charge in [-0.2, -0.15) is 0 Å². The number of aryl methyl sites for hydroxylation is 2. The van der Waals surface area contributed by atoms with E-state index in [1.54, 1.807) is 0 Å². The number of imide groups is 1. The maximum Gasteiger partial charge on any atom is 0.234 e. The van der Waals surface area contributed by atoms with Crippen LogP contribution in [0.3, 0.4) is 0 Å². The molecule has 5 atom stereocenters. The molecule has 2 bridgehead atoms. The van der Waals surface area contributed by atoms with Gasteiger partial charge in [-0.05, 0) is 49.8 Å². The number of nitrogens with zero attached hydrogens (tertiary/aromatic N) is 1. The maximum atomic E-state index is 13.4. The van der Waals surface area contributed by atoms with Crippen molar-refractivity contribution in [2.45, 2.75) is 32.7 Å². The summed E-state index contributed by atoms with van der Waals surface area (Å²) in [5, 5.41) is 2.91. The van der Waals surface area contributed by atoms with Crippen molar-refractivity contribution in [1.82, 2.24) is 4.90 Å². The lowest BCUT2D eigenvalue weighted by atomic mass is 9.85. The van der Waals surface area contributed by atoms with E-state index in [4.69, 9.17) is 0 Å². The van der Waals surface area contributed by atoms with E-state index in [0.717, 1.165) is 23.1 Å². The molecule has 2 aromatic rings. The molecule has 0 spiro atoms. The van der Waals surface area contributed by atoms with Gasteiger partial charge in [-0.15, -0.1) is 0 Å². The average Bonchev–Trinajstić information content (AvgIpc) is 3.43. The van der Waals surface area contributed by atoms with Gasteiger partial charge in [0.05, 0.1) is 24.3 Å². The molecule has 0 radical (unpaired) electrons. The van der Waals surface area contributed by atoms with Gasteiger partial charge in [-0.3, -0.25) is 19.3 Å². The van der Waals surface area contributed by atoms with E-state index < -0.39 is 6.04 Å². The second-order valence-corrected chi connectivity index (χ2v) is 9.09. The van der Waals surface area contributed by atoms with Gasteiger partial charge in [-0.25, -0.2) is 0 Å². The predicted octanol–water partition coefficient (Wildman–Crippen LogP) is 4.18. The average molecular weight is 415 g/mol. The van der Waals surface area contributed by atoms with E-state index in [9.17, 15) is 14.4 Å². The molecule has 1 heterocycles. The lowest BCUT2D eigenvalue weighted by Gasteiger charge is -2.28. The minimum atomic E-state index is -0.601. The van der Waals surface area contributed by atoms with Crippen LogP contribution >= 0.6 is 0 Å². The number of hydrogen-bond donors (Lipinski definition) is 1. The van der Waals surface area contributed by atoms with Gasteiger partial charge in [0.15, 0.2) is 0 Å². The van der Waals surface area contributed by atoms with E-state index in [-0.39, 0.29) is 47.8 Å². The van der Waals surface area contributed by atoms with Crippen molar-refractivity contribution in [3.63, 3.8) is 0 Å². The second-order valence-electron chi connectivity index (χ2n) is 9.09. The van der Waals surface area contributed by atoms with Crippen molar-refractivity contribution in [3.8, 4) is 0 Å². The largest absolute Gasteiger partial charge is 0.326 e. The number of allylic oxidation sites excluding steroid dienone is 2. The van der Waals surface area contributed by atoms with Crippen molar-refractivity contribution >= 4 is 23.4 Å². The molecule has 0 aromatic heterocycles. The van der Waals surface area contributed by atoms with Crippen LogP contribution in [-0.2, 0) is 14.4 Å². The molecule has 3 aliphatic rings. The summed E-state index contributed by atoms with van der Waals surface area (Å²) in [4.78, 5) is 41.1. The summed E-state index contributed by atoms with van der Waals surface area (Å²) in [5.41, 5.74) is 3.71. The molecule has 5 rings (SSSR count). The highest BCUT2D eigenvalue weighted by Crippen LogP contribution is 2.54. The second kappa shape index (κ2) is 7.49. The van der Waals surface area contributed by atoms with E-state index in [1.165, 1.54) is 4.90 Å². The lowest BCUT2D eigenvalue weighted by Crippen LogP contribution is -2.38. The Balaban J connectivity index is 1.43. The summed E-state index contributed by atoms with van der Waals surface area (Å²) in [6.07, 6.45) is 5.11. The molecule has 3 amide bonds. The fraction of sp³-hybridized carbons (Fsp3) is 0.346. The van der Waals surface area contributed by atoms with Crippen LogP contribution in [0.2, 0.25) is 0 Å². The van der Waals surface area contributed by atoms with Crippen LogP contribution in [0.25, 0.3) is 0 Å². The van der Waals surface area contributed by atoms with Crippen molar-refractivity contribution in [2.75, 3.05) is 5.32 Å². The number of hydrogen-bond acceptors (Lipinski definition) is 3. The number of nitrogens with one attached hydrogen (secondary N) is 1. The Hall–Kier alpha value is -3.21. The van der Waals surface area contributed by atoms with Gasteiger partial charge < -0.3 is 5.32 Å². The Kier molecular flexibility index (Phi) is 4.77. The molecule has 2 fully saturated rings. The number of likely N-dealkylation sites (tertiary alicyclic amines) is 1. The molecule has 1 saturated heterocycles. The van der Waals surface area contributed by atoms with Gasteiger partial charge in [0, 0.05) is 5.69 Å². The molecule has 5 heteroatoms. The maximum absolute atomic E-state index is 13.4. The molecule has 1 N–H and O–H groups in total. The summed E-state index contributed by atoms with van der Waals surface area (Å²) in [6, 6.07) is 14.7. The highest BCUT2D eigenvalue weighted by molar-refractivity contribution is 6.07. The lowest BCUT2D eigenvalue weighted by molar-refractivity contribution is -0.144. The predicted molar refractivity (Wildman–Crippen MR) is 118 cm³/mol. The third-order valence-electron chi connectivity index (χ3n) is 6.99. The van der Waals surface area contributed by atoms with Crippen LogP contribution in [-0.4, -0.2) is 22.6 Å². The fourth-order valence-corrected chi connectivity index (χ4v) is 5.40. The minimum absolute atomic E-state index is 0.0383. The molecule has 1 aliphatic heterocycles. The van der Waals surface area contributed by atoms with Gasteiger partial charge in [0.2, 0.25) is 17.7 Å².